The smallest absolute Gasteiger partial charge is 0.122 e. The summed E-state index contributed by atoms with van der Waals surface area (Å²) in [7, 11) is 1.67. The van der Waals surface area contributed by atoms with Crippen LogP contribution in [0.2, 0.25) is 0 Å². The van der Waals surface area contributed by atoms with Crippen molar-refractivity contribution in [2.45, 2.75) is 38.5 Å². The molecule has 0 heterocycles. The van der Waals surface area contributed by atoms with Gasteiger partial charge in [-0.15, -0.1) is 0 Å². The Bertz CT molecular complexity index is 373. The molecule has 0 aromatic heterocycles. The topological polar surface area (TPSA) is 47.3 Å². The standard InChI is InChI=1S/C15H24N2O/c1-18-15-10-13(16)9-14(11-15)17-8-4-7-12-5-2-3-6-12/h9-12,17H,2-8,16H2,1H3. The second kappa shape index (κ2) is 6.53. The molecule has 1 aliphatic carbocycles. The van der Waals surface area contributed by atoms with Crippen LogP contribution < -0.4 is 15.8 Å². The Balaban J connectivity index is 1.73. The summed E-state index contributed by atoms with van der Waals surface area (Å²) in [6, 6.07) is 5.79. The van der Waals surface area contributed by atoms with Crippen LogP contribution in [0.4, 0.5) is 11.4 Å². The van der Waals surface area contributed by atoms with Gasteiger partial charge in [0.1, 0.15) is 5.75 Å². The van der Waals surface area contributed by atoms with E-state index in [0.717, 1.165) is 29.6 Å². The van der Waals surface area contributed by atoms with Gasteiger partial charge in [0.05, 0.1) is 7.11 Å². The Kier molecular flexibility index (Phi) is 4.73. The van der Waals surface area contributed by atoms with E-state index in [4.69, 9.17) is 10.5 Å². The third-order valence-corrected chi connectivity index (χ3v) is 3.76. The molecule has 100 valence electrons. The van der Waals surface area contributed by atoms with Gasteiger partial charge in [-0.25, -0.2) is 0 Å². The van der Waals surface area contributed by atoms with Crippen molar-refractivity contribution in [3.8, 4) is 5.75 Å². The van der Waals surface area contributed by atoms with Crippen LogP contribution in [0, 0.1) is 5.92 Å². The van der Waals surface area contributed by atoms with Gasteiger partial charge in [0.15, 0.2) is 0 Å². The minimum atomic E-state index is 0.743. The summed E-state index contributed by atoms with van der Waals surface area (Å²) in [5.41, 5.74) is 7.62. The van der Waals surface area contributed by atoms with Crippen LogP contribution in [0.5, 0.6) is 5.75 Å². The number of hydrogen-bond donors (Lipinski definition) is 2. The number of nitrogens with one attached hydrogen (secondary N) is 1. The lowest BCUT2D eigenvalue weighted by molar-refractivity contribution is 0.415. The molecule has 1 saturated carbocycles. The lowest BCUT2D eigenvalue weighted by Gasteiger charge is -2.11. The SMILES string of the molecule is COc1cc(N)cc(NCCCC2CCCC2)c1. The first-order valence-electron chi connectivity index (χ1n) is 6.96. The molecule has 1 fully saturated rings. The number of benzene rings is 1. The van der Waals surface area contributed by atoms with E-state index in [1.807, 2.05) is 18.2 Å². The molecule has 1 aromatic rings. The van der Waals surface area contributed by atoms with Gasteiger partial charge in [0, 0.05) is 30.1 Å². The molecule has 0 aliphatic heterocycles. The zero-order valence-corrected chi connectivity index (χ0v) is 11.2. The van der Waals surface area contributed by atoms with Crippen molar-refractivity contribution in [2.24, 2.45) is 5.92 Å². The molecular formula is C15H24N2O. The third-order valence-electron chi connectivity index (χ3n) is 3.76. The second-order valence-electron chi connectivity index (χ2n) is 5.21. The molecule has 0 amide bonds. The summed E-state index contributed by atoms with van der Waals surface area (Å²) >= 11 is 0. The van der Waals surface area contributed by atoms with Crippen molar-refractivity contribution in [2.75, 3.05) is 24.7 Å². The molecular weight excluding hydrogens is 224 g/mol. The highest BCUT2D eigenvalue weighted by Gasteiger charge is 2.13. The predicted octanol–water partition coefficient (Wildman–Crippen LogP) is 3.66. The van der Waals surface area contributed by atoms with E-state index in [2.05, 4.69) is 5.32 Å². The van der Waals surface area contributed by atoms with Crippen molar-refractivity contribution in [1.29, 1.82) is 0 Å². The average Bonchev–Trinajstić information content (AvgIpc) is 2.87. The highest BCUT2D eigenvalue weighted by Crippen LogP contribution is 2.28. The summed E-state index contributed by atoms with van der Waals surface area (Å²) in [5, 5.41) is 3.42. The Morgan fingerprint density at radius 2 is 2.06 bits per heavy atom. The van der Waals surface area contributed by atoms with Gasteiger partial charge in [-0.1, -0.05) is 25.7 Å². The highest BCUT2D eigenvalue weighted by molar-refractivity contribution is 5.59. The zero-order chi connectivity index (χ0) is 12.8. The Hall–Kier alpha value is -1.38. The summed E-state index contributed by atoms with van der Waals surface area (Å²) in [5.74, 6) is 1.79. The van der Waals surface area contributed by atoms with E-state index >= 15 is 0 Å². The minimum absolute atomic E-state index is 0.743. The van der Waals surface area contributed by atoms with Gasteiger partial charge in [0.2, 0.25) is 0 Å². The fraction of sp³-hybridized carbons (Fsp3) is 0.600. The highest BCUT2D eigenvalue weighted by atomic mass is 16.5. The average molecular weight is 248 g/mol. The minimum Gasteiger partial charge on any atom is -0.497 e. The number of rotatable bonds is 6. The van der Waals surface area contributed by atoms with Crippen LogP contribution >= 0.6 is 0 Å². The van der Waals surface area contributed by atoms with E-state index in [1.54, 1.807) is 7.11 Å². The second-order valence-corrected chi connectivity index (χ2v) is 5.21. The quantitative estimate of drug-likeness (QED) is 0.596. The Labute approximate surface area is 110 Å². The Morgan fingerprint density at radius 3 is 2.78 bits per heavy atom. The predicted molar refractivity (Wildman–Crippen MR) is 77.1 cm³/mol. The van der Waals surface area contributed by atoms with Gasteiger partial charge in [-0.2, -0.15) is 0 Å². The molecule has 2 rings (SSSR count). The van der Waals surface area contributed by atoms with Crippen molar-refractivity contribution >= 4 is 11.4 Å². The number of hydrogen-bond acceptors (Lipinski definition) is 3. The van der Waals surface area contributed by atoms with E-state index in [9.17, 15) is 0 Å². The van der Waals surface area contributed by atoms with Crippen LogP contribution in [0.1, 0.15) is 38.5 Å². The maximum Gasteiger partial charge on any atom is 0.122 e. The number of nitrogens with two attached hydrogens (primary N) is 1. The van der Waals surface area contributed by atoms with E-state index in [-0.39, 0.29) is 0 Å². The fourth-order valence-corrected chi connectivity index (χ4v) is 2.76. The molecule has 3 N–H and O–H groups in total. The molecule has 0 bridgehead atoms. The van der Waals surface area contributed by atoms with E-state index in [1.165, 1.54) is 38.5 Å². The maximum atomic E-state index is 5.82. The van der Waals surface area contributed by atoms with E-state index in [0.29, 0.717) is 0 Å². The molecule has 0 radical (unpaired) electrons. The Morgan fingerprint density at radius 1 is 1.28 bits per heavy atom. The molecule has 0 atom stereocenters. The molecule has 3 heteroatoms. The number of nitrogen functional groups attached to an aromatic ring is 1. The van der Waals surface area contributed by atoms with Crippen LogP contribution in [-0.2, 0) is 0 Å². The summed E-state index contributed by atoms with van der Waals surface area (Å²) in [6.45, 7) is 1.02. The summed E-state index contributed by atoms with van der Waals surface area (Å²) in [4.78, 5) is 0. The van der Waals surface area contributed by atoms with Crippen LogP contribution in [-0.4, -0.2) is 13.7 Å². The number of anilines is 2. The molecule has 1 aromatic carbocycles. The van der Waals surface area contributed by atoms with Crippen molar-refractivity contribution in [1.82, 2.24) is 0 Å². The van der Waals surface area contributed by atoms with Crippen LogP contribution in [0.25, 0.3) is 0 Å². The summed E-state index contributed by atoms with van der Waals surface area (Å²) in [6.07, 6.45) is 8.33. The van der Waals surface area contributed by atoms with Gasteiger partial charge < -0.3 is 15.8 Å². The van der Waals surface area contributed by atoms with Crippen molar-refractivity contribution in [3.63, 3.8) is 0 Å². The van der Waals surface area contributed by atoms with Gasteiger partial charge in [0.25, 0.3) is 0 Å². The summed E-state index contributed by atoms with van der Waals surface area (Å²) < 4.78 is 5.20. The largest absolute Gasteiger partial charge is 0.497 e. The number of ether oxygens (including phenoxy) is 1. The first-order chi connectivity index (χ1) is 8.78. The lowest BCUT2D eigenvalue weighted by Crippen LogP contribution is -2.04. The lowest BCUT2D eigenvalue weighted by atomic mass is 10.0. The monoisotopic (exact) mass is 248 g/mol. The molecule has 1 aliphatic rings. The van der Waals surface area contributed by atoms with Crippen molar-refractivity contribution in [3.05, 3.63) is 18.2 Å². The molecule has 0 saturated heterocycles. The van der Waals surface area contributed by atoms with E-state index < -0.39 is 0 Å². The van der Waals surface area contributed by atoms with Crippen LogP contribution in [0.3, 0.4) is 0 Å². The van der Waals surface area contributed by atoms with Gasteiger partial charge >= 0.3 is 0 Å². The number of methoxy groups -OCH3 is 1. The maximum absolute atomic E-state index is 5.82. The van der Waals surface area contributed by atoms with Gasteiger partial charge in [-0.05, 0) is 24.8 Å². The fourth-order valence-electron chi connectivity index (χ4n) is 2.76. The first-order valence-corrected chi connectivity index (χ1v) is 6.96. The van der Waals surface area contributed by atoms with Crippen molar-refractivity contribution < 1.29 is 4.74 Å². The third kappa shape index (κ3) is 3.83. The first kappa shape index (κ1) is 13.1. The van der Waals surface area contributed by atoms with Gasteiger partial charge in [-0.3, -0.25) is 0 Å². The van der Waals surface area contributed by atoms with Crippen LogP contribution in [0.15, 0.2) is 18.2 Å². The molecule has 3 nitrogen and oxygen atoms in total. The molecule has 18 heavy (non-hydrogen) atoms. The zero-order valence-electron chi connectivity index (χ0n) is 11.2. The molecule has 0 unspecified atom stereocenters. The normalized spacial score (nSPS) is 15.8. The molecule has 0 spiro atoms.